The Labute approximate surface area is 198 Å². The van der Waals surface area contributed by atoms with E-state index in [9.17, 15) is 26.4 Å². The summed E-state index contributed by atoms with van der Waals surface area (Å²) < 4.78 is 68.8. The van der Waals surface area contributed by atoms with Crippen LogP contribution in [0.1, 0.15) is 15.9 Å². The first-order valence-corrected chi connectivity index (χ1v) is 11.9. The van der Waals surface area contributed by atoms with Crippen LogP contribution in [0, 0.1) is 0 Å². The van der Waals surface area contributed by atoms with Crippen molar-refractivity contribution in [3.63, 3.8) is 0 Å². The molecule has 7 nitrogen and oxygen atoms in total. The molecular weight excluding hydrogens is 495 g/mol. The van der Waals surface area contributed by atoms with E-state index in [0.29, 0.717) is 23.1 Å². The van der Waals surface area contributed by atoms with Gasteiger partial charge in [0.15, 0.2) is 5.94 Å². The Bertz CT molecular complexity index is 1310. The Balaban J connectivity index is 1.51. The van der Waals surface area contributed by atoms with Crippen molar-refractivity contribution in [1.82, 2.24) is 4.98 Å². The number of nitrogens with one attached hydrogen (secondary N) is 1. The molecule has 1 N–H and O–H groups in total. The number of rotatable bonds is 4. The minimum atomic E-state index is -4.51. The molecule has 3 aromatic rings. The summed E-state index contributed by atoms with van der Waals surface area (Å²) in [7, 11) is -3.57. The van der Waals surface area contributed by atoms with E-state index in [-0.39, 0.29) is 29.4 Å². The van der Waals surface area contributed by atoms with Crippen molar-refractivity contribution in [2.75, 3.05) is 28.7 Å². The Kier molecular flexibility index (Phi) is 6.52. The van der Waals surface area contributed by atoms with Gasteiger partial charge in [-0.3, -0.25) is 14.1 Å². The van der Waals surface area contributed by atoms with Crippen molar-refractivity contribution < 1.29 is 31.1 Å². The van der Waals surface area contributed by atoms with Gasteiger partial charge in [-0.25, -0.2) is 8.42 Å². The predicted octanol–water partition coefficient (Wildman–Crippen LogP) is 4.80. The monoisotopic (exact) mass is 511 g/mol. The third-order valence-corrected chi connectivity index (χ3v) is 6.87. The van der Waals surface area contributed by atoms with Crippen LogP contribution in [-0.2, 0) is 20.9 Å². The summed E-state index contributed by atoms with van der Waals surface area (Å²) in [4.78, 5) is 16.5. The lowest BCUT2D eigenvalue weighted by molar-refractivity contribution is -0.137. The molecule has 1 aliphatic heterocycles. The van der Waals surface area contributed by atoms with Crippen molar-refractivity contribution in [2.45, 2.75) is 6.18 Å². The Morgan fingerprint density at radius 2 is 1.82 bits per heavy atom. The van der Waals surface area contributed by atoms with Crippen LogP contribution < -0.4 is 9.62 Å². The van der Waals surface area contributed by atoms with E-state index in [1.54, 1.807) is 6.07 Å². The SMILES string of the molecule is O=C(Nc1ccc(Cl)c(-c2ccc(C(F)(F)F)cn2)c1)c1ccc(N2CCOCS2(=O)=O)cc1. The molecule has 1 amide bonds. The van der Waals surface area contributed by atoms with Gasteiger partial charge >= 0.3 is 6.18 Å². The third kappa shape index (κ3) is 5.16. The molecule has 1 fully saturated rings. The molecule has 0 spiro atoms. The van der Waals surface area contributed by atoms with Crippen LogP contribution in [0.4, 0.5) is 24.5 Å². The lowest BCUT2D eigenvalue weighted by Crippen LogP contribution is -2.41. The highest BCUT2D eigenvalue weighted by Crippen LogP contribution is 2.33. The summed E-state index contributed by atoms with van der Waals surface area (Å²) in [6.45, 7) is 0.452. The average molecular weight is 512 g/mol. The Hall–Kier alpha value is -3.15. The quantitative estimate of drug-likeness (QED) is 0.544. The molecule has 178 valence electrons. The zero-order valence-corrected chi connectivity index (χ0v) is 18.9. The fourth-order valence-corrected chi connectivity index (χ4v) is 4.77. The molecular formula is C22H17ClF3N3O4S. The summed E-state index contributed by atoms with van der Waals surface area (Å²) in [5, 5.41) is 2.94. The van der Waals surface area contributed by atoms with E-state index >= 15 is 0 Å². The van der Waals surface area contributed by atoms with Crippen LogP contribution in [0.5, 0.6) is 0 Å². The van der Waals surface area contributed by atoms with E-state index in [1.807, 2.05) is 0 Å². The number of nitrogens with zero attached hydrogens (tertiary/aromatic N) is 2. The van der Waals surface area contributed by atoms with Crippen LogP contribution in [-0.4, -0.2) is 38.4 Å². The summed E-state index contributed by atoms with van der Waals surface area (Å²) in [5.74, 6) is -0.868. The van der Waals surface area contributed by atoms with Gasteiger partial charge in [-0.15, -0.1) is 0 Å². The second-order valence-corrected chi connectivity index (χ2v) is 9.58. The average Bonchev–Trinajstić information content (AvgIpc) is 2.80. The van der Waals surface area contributed by atoms with Gasteiger partial charge in [0.1, 0.15) is 0 Å². The second kappa shape index (κ2) is 9.24. The van der Waals surface area contributed by atoms with Crippen molar-refractivity contribution in [3.05, 3.63) is 76.9 Å². The Morgan fingerprint density at radius 1 is 1.09 bits per heavy atom. The molecule has 0 unspecified atom stereocenters. The summed E-state index contributed by atoms with van der Waals surface area (Å²) in [5.41, 5.74) is 0.725. The highest BCUT2D eigenvalue weighted by atomic mass is 35.5. The number of amides is 1. The number of alkyl halides is 3. The van der Waals surface area contributed by atoms with Crippen molar-refractivity contribution >= 4 is 38.9 Å². The van der Waals surface area contributed by atoms with Gasteiger partial charge in [0.25, 0.3) is 15.9 Å². The number of hydrogen-bond acceptors (Lipinski definition) is 5. The molecule has 34 heavy (non-hydrogen) atoms. The number of anilines is 2. The van der Waals surface area contributed by atoms with Crippen molar-refractivity contribution in [3.8, 4) is 11.3 Å². The van der Waals surface area contributed by atoms with Gasteiger partial charge < -0.3 is 10.1 Å². The van der Waals surface area contributed by atoms with Gasteiger partial charge in [-0.2, -0.15) is 13.2 Å². The van der Waals surface area contributed by atoms with Gasteiger partial charge in [0.05, 0.1) is 35.1 Å². The molecule has 0 atom stereocenters. The van der Waals surface area contributed by atoms with E-state index in [0.717, 1.165) is 6.07 Å². The second-order valence-electron chi connectivity index (χ2n) is 7.34. The minimum Gasteiger partial charge on any atom is -0.362 e. The molecule has 1 saturated heterocycles. The number of ether oxygens (including phenoxy) is 1. The smallest absolute Gasteiger partial charge is 0.362 e. The van der Waals surface area contributed by atoms with Crippen molar-refractivity contribution in [1.29, 1.82) is 0 Å². The molecule has 1 aliphatic rings. The van der Waals surface area contributed by atoms with Gasteiger partial charge in [-0.1, -0.05) is 11.6 Å². The van der Waals surface area contributed by atoms with Gasteiger partial charge in [0, 0.05) is 23.0 Å². The first-order valence-electron chi connectivity index (χ1n) is 9.87. The van der Waals surface area contributed by atoms with E-state index in [1.165, 1.54) is 46.8 Å². The standard InChI is InChI=1S/C22H17ClF3N3O4S/c23-19-7-4-16(11-18(19)20-8-3-15(12-27-20)22(24,25)26)28-21(30)14-1-5-17(6-2-14)29-9-10-33-13-34(29,31)32/h1-8,11-12H,9-10,13H2,(H,28,30). The lowest BCUT2D eigenvalue weighted by atomic mass is 10.1. The van der Waals surface area contributed by atoms with E-state index in [4.69, 9.17) is 16.3 Å². The number of aromatic nitrogens is 1. The summed E-state index contributed by atoms with van der Waals surface area (Å²) in [6, 6.07) is 12.7. The molecule has 12 heteroatoms. The molecule has 0 radical (unpaired) electrons. The molecule has 2 aromatic carbocycles. The number of sulfonamides is 1. The number of halogens is 4. The van der Waals surface area contributed by atoms with E-state index < -0.39 is 33.6 Å². The number of pyridine rings is 1. The molecule has 0 aliphatic carbocycles. The minimum absolute atomic E-state index is 0.180. The van der Waals surface area contributed by atoms with Crippen LogP contribution >= 0.6 is 11.6 Å². The molecule has 0 bridgehead atoms. The van der Waals surface area contributed by atoms with Gasteiger partial charge in [0.2, 0.25) is 0 Å². The topological polar surface area (TPSA) is 88.6 Å². The predicted molar refractivity (Wildman–Crippen MR) is 121 cm³/mol. The highest BCUT2D eigenvalue weighted by Gasteiger charge is 2.31. The number of benzene rings is 2. The first kappa shape index (κ1) is 24.0. The molecule has 0 saturated carbocycles. The number of carbonyl (C=O) groups excluding carboxylic acids is 1. The van der Waals surface area contributed by atoms with Crippen LogP contribution in [0.15, 0.2) is 60.8 Å². The summed E-state index contributed by atoms with van der Waals surface area (Å²) >= 11 is 6.19. The first-order chi connectivity index (χ1) is 16.0. The fourth-order valence-electron chi connectivity index (χ4n) is 3.31. The number of hydrogen-bond donors (Lipinski definition) is 1. The van der Waals surface area contributed by atoms with Crippen LogP contribution in [0.3, 0.4) is 0 Å². The molecule has 1 aromatic heterocycles. The maximum Gasteiger partial charge on any atom is 0.417 e. The number of carbonyl (C=O) groups is 1. The lowest BCUT2D eigenvalue weighted by Gasteiger charge is -2.28. The van der Waals surface area contributed by atoms with Crippen LogP contribution in [0.2, 0.25) is 5.02 Å². The maximum atomic E-state index is 12.8. The molecule has 4 rings (SSSR count). The highest BCUT2D eigenvalue weighted by molar-refractivity contribution is 7.92. The van der Waals surface area contributed by atoms with Crippen LogP contribution in [0.25, 0.3) is 11.3 Å². The zero-order valence-electron chi connectivity index (χ0n) is 17.3. The fraction of sp³-hybridized carbons (Fsp3) is 0.182. The third-order valence-electron chi connectivity index (χ3n) is 5.02. The normalized spacial score (nSPS) is 15.7. The van der Waals surface area contributed by atoms with Crippen molar-refractivity contribution in [2.24, 2.45) is 0 Å². The van der Waals surface area contributed by atoms with E-state index in [2.05, 4.69) is 10.3 Å². The maximum absolute atomic E-state index is 12.8. The summed E-state index contributed by atoms with van der Waals surface area (Å²) in [6.07, 6.45) is -3.79. The molecule has 2 heterocycles. The zero-order chi connectivity index (χ0) is 24.5. The van der Waals surface area contributed by atoms with Gasteiger partial charge in [-0.05, 0) is 54.6 Å². The Morgan fingerprint density at radius 3 is 2.44 bits per heavy atom. The largest absolute Gasteiger partial charge is 0.417 e.